The molecule has 2 aromatic carbocycles. The molecule has 2 heterocycles. The zero-order valence-corrected chi connectivity index (χ0v) is 18.0. The topological polar surface area (TPSA) is 129 Å². The fourth-order valence-corrected chi connectivity index (χ4v) is 4.30. The number of nitrogens with two attached hydrogens (primary N) is 2. The fraction of sp³-hybridized carbons (Fsp3) is 0.200. The van der Waals surface area contributed by atoms with E-state index in [-0.39, 0.29) is 10.9 Å². The van der Waals surface area contributed by atoms with Gasteiger partial charge < -0.3 is 21.4 Å². The molecule has 0 spiro atoms. The normalized spacial score (nSPS) is 12.6. The quantitative estimate of drug-likeness (QED) is 0.423. The smallest absolute Gasteiger partial charge is 0.254 e. The van der Waals surface area contributed by atoms with E-state index in [0.717, 1.165) is 42.6 Å². The average molecular weight is 441 g/mol. The van der Waals surface area contributed by atoms with Crippen molar-refractivity contribution >= 4 is 28.6 Å². The fourth-order valence-electron chi connectivity index (χ4n) is 4.30. The Morgan fingerprint density at radius 2 is 1.88 bits per heavy atom. The Balaban J connectivity index is 1.62. The van der Waals surface area contributed by atoms with Gasteiger partial charge in [-0.2, -0.15) is 4.98 Å². The monoisotopic (exact) mass is 440 g/mol. The molecule has 5 rings (SSSR count). The second-order valence-corrected chi connectivity index (χ2v) is 8.20. The highest BCUT2D eigenvalue weighted by molar-refractivity contribution is 5.96. The summed E-state index contributed by atoms with van der Waals surface area (Å²) in [6.45, 7) is 0.591. The van der Waals surface area contributed by atoms with Gasteiger partial charge in [0.05, 0.1) is 5.39 Å². The molecule has 166 valence electrons. The van der Waals surface area contributed by atoms with Crippen molar-refractivity contribution in [2.24, 2.45) is 11.5 Å². The third kappa shape index (κ3) is 3.96. The van der Waals surface area contributed by atoms with Crippen molar-refractivity contribution in [3.8, 4) is 5.69 Å². The summed E-state index contributed by atoms with van der Waals surface area (Å²) in [6.07, 6.45) is 6.91. The number of carbonyl (C=O) groups is 1. The van der Waals surface area contributed by atoms with Crippen molar-refractivity contribution in [3.63, 3.8) is 0 Å². The molecule has 8 nitrogen and oxygen atoms in total. The Morgan fingerprint density at radius 1 is 1.09 bits per heavy atom. The zero-order chi connectivity index (χ0) is 22.9. The number of fused-ring (bicyclic) bond motifs is 2. The van der Waals surface area contributed by atoms with Crippen LogP contribution in [-0.2, 0) is 19.3 Å². The van der Waals surface area contributed by atoms with Crippen LogP contribution in [0.3, 0.4) is 0 Å². The minimum Gasteiger partial charge on any atom is -0.365 e. The van der Waals surface area contributed by atoms with E-state index < -0.39 is 11.3 Å². The SMILES string of the molecule is NCCc1ccc(Nc2ncc3c(=O)c(C(N)=O)cn(-c4ccc5c(c4)CCC5)c3n2)cc1. The number of hydrogen-bond donors (Lipinski definition) is 3. The summed E-state index contributed by atoms with van der Waals surface area (Å²) < 4.78 is 1.74. The first-order valence-electron chi connectivity index (χ1n) is 10.9. The van der Waals surface area contributed by atoms with Crippen molar-refractivity contribution in [1.29, 1.82) is 0 Å². The summed E-state index contributed by atoms with van der Waals surface area (Å²) in [5.74, 6) is -0.438. The van der Waals surface area contributed by atoms with Crippen LogP contribution in [0.25, 0.3) is 16.7 Å². The van der Waals surface area contributed by atoms with E-state index >= 15 is 0 Å². The van der Waals surface area contributed by atoms with Crippen molar-refractivity contribution in [2.75, 3.05) is 11.9 Å². The molecule has 33 heavy (non-hydrogen) atoms. The molecular formula is C25H24N6O2. The minimum atomic E-state index is -0.781. The number of primary amides is 1. The number of benzene rings is 2. The number of nitrogens with one attached hydrogen (secondary N) is 1. The van der Waals surface area contributed by atoms with E-state index in [4.69, 9.17) is 11.5 Å². The molecule has 0 atom stereocenters. The van der Waals surface area contributed by atoms with Gasteiger partial charge in [-0.1, -0.05) is 18.2 Å². The Kier molecular flexibility index (Phi) is 5.35. The molecule has 0 fully saturated rings. The number of hydrogen-bond acceptors (Lipinski definition) is 6. The van der Waals surface area contributed by atoms with Crippen LogP contribution in [0.1, 0.15) is 33.5 Å². The van der Waals surface area contributed by atoms with Crippen LogP contribution in [0.5, 0.6) is 0 Å². The molecule has 1 aliphatic carbocycles. The first-order chi connectivity index (χ1) is 16.0. The Hall–Kier alpha value is -4.04. The third-order valence-electron chi connectivity index (χ3n) is 6.01. The van der Waals surface area contributed by atoms with E-state index in [2.05, 4.69) is 27.4 Å². The van der Waals surface area contributed by atoms with Gasteiger partial charge in [0.1, 0.15) is 5.56 Å². The highest BCUT2D eigenvalue weighted by Gasteiger charge is 2.18. The van der Waals surface area contributed by atoms with Crippen LogP contribution in [0.2, 0.25) is 0 Å². The number of aromatic nitrogens is 3. The number of pyridine rings is 1. The van der Waals surface area contributed by atoms with E-state index in [1.54, 1.807) is 4.57 Å². The van der Waals surface area contributed by atoms with E-state index in [9.17, 15) is 9.59 Å². The lowest BCUT2D eigenvalue weighted by molar-refractivity contribution is 0.0999. The molecule has 0 aliphatic heterocycles. The van der Waals surface area contributed by atoms with E-state index in [0.29, 0.717) is 18.1 Å². The molecule has 5 N–H and O–H groups in total. The van der Waals surface area contributed by atoms with Gasteiger partial charge in [0, 0.05) is 23.8 Å². The van der Waals surface area contributed by atoms with Gasteiger partial charge >= 0.3 is 0 Å². The lowest BCUT2D eigenvalue weighted by atomic mass is 10.1. The van der Waals surface area contributed by atoms with Gasteiger partial charge in [0.15, 0.2) is 5.65 Å². The molecule has 0 saturated carbocycles. The maximum Gasteiger partial charge on any atom is 0.254 e. The van der Waals surface area contributed by atoms with Crippen molar-refractivity contribution < 1.29 is 4.79 Å². The summed E-state index contributed by atoms with van der Waals surface area (Å²) in [4.78, 5) is 33.8. The van der Waals surface area contributed by atoms with Crippen molar-refractivity contribution in [2.45, 2.75) is 25.7 Å². The lowest BCUT2D eigenvalue weighted by Crippen LogP contribution is -2.24. The van der Waals surface area contributed by atoms with E-state index in [1.807, 2.05) is 30.3 Å². The average Bonchev–Trinajstić information content (AvgIpc) is 3.28. The number of rotatable bonds is 6. The number of aryl methyl sites for hydroxylation is 2. The van der Waals surface area contributed by atoms with Crippen LogP contribution in [-0.4, -0.2) is 27.0 Å². The third-order valence-corrected chi connectivity index (χ3v) is 6.01. The Labute approximate surface area is 190 Å². The van der Waals surface area contributed by atoms with Crippen LogP contribution in [0.15, 0.2) is 59.7 Å². The van der Waals surface area contributed by atoms with Crippen molar-refractivity contribution in [3.05, 3.63) is 87.3 Å². The van der Waals surface area contributed by atoms with Crippen molar-refractivity contribution in [1.82, 2.24) is 14.5 Å². The first-order valence-corrected chi connectivity index (χ1v) is 10.9. The maximum atomic E-state index is 12.9. The van der Waals surface area contributed by atoms with Crippen LogP contribution in [0, 0.1) is 0 Å². The summed E-state index contributed by atoms with van der Waals surface area (Å²) in [6, 6.07) is 14.0. The number of nitrogens with zero attached hydrogens (tertiary/aromatic N) is 3. The first kappa shape index (κ1) is 20.8. The zero-order valence-electron chi connectivity index (χ0n) is 18.0. The van der Waals surface area contributed by atoms with Gasteiger partial charge in [0.25, 0.3) is 5.91 Å². The van der Waals surface area contributed by atoms with Crippen LogP contribution < -0.4 is 22.2 Å². The summed E-state index contributed by atoms with van der Waals surface area (Å²) in [5, 5.41) is 3.41. The summed E-state index contributed by atoms with van der Waals surface area (Å²) in [7, 11) is 0. The lowest BCUT2D eigenvalue weighted by Gasteiger charge is -2.14. The van der Waals surface area contributed by atoms with Gasteiger partial charge in [-0.3, -0.25) is 9.59 Å². The van der Waals surface area contributed by atoms with Gasteiger partial charge in [-0.15, -0.1) is 0 Å². The molecule has 1 aliphatic rings. The Bertz CT molecular complexity index is 1430. The summed E-state index contributed by atoms with van der Waals surface area (Å²) >= 11 is 0. The standard InChI is InChI=1S/C25H24N6O2/c26-11-10-15-4-7-18(8-5-15)29-25-28-13-20-22(32)21(23(27)33)14-31(24(20)30-25)19-9-6-16-2-1-3-17(16)12-19/h4-9,12-14H,1-3,10-11,26H2,(H2,27,33)(H,28,29,30). The highest BCUT2D eigenvalue weighted by atomic mass is 16.2. The molecule has 0 radical (unpaired) electrons. The second kappa shape index (κ2) is 8.48. The largest absolute Gasteiger partial charge is 0.365 e. The molecule has 4 aromatic rings. The number of amides is 1. The number of carbonyl (C=O) groups excluding carboxylic acids is 1. The number of anilines is 2. The van der Waals surface area contributed by atoms with Crippen LogP contribution >= 0.6 is 0 Å². The Morgan fingerprint density at radius 3 is 2.64 bits per heavy atom. The predicted molar refractivity (Wildman–Crippen MR) is 128 cm³/mol. The molecule has 0 bridgehead atoms. The van der Waals surface area contributed by atoms with Gasteiger partial charge in [0.2, 0.25) is 11.4 Å². The molecule has 0 unspecified atom stereocenters. The van der Waals surface area contributed by atoms with Gasteiger partial charge in [-0.05, 0) is 73.2 Å². The molecule has 1 amide bonds. The van der Waals surface area contributed by atoms with Gasteiger partial charge in [-0.25, -0.2) is 4.98 Å². The molecule has 2 aromatic heterocycles. The highest BCUT2D eigenvalue weighted by Crippen LogP contribution is 2.26. The van der Waals surface area contributed by atoms with Crippen LogP contribution in [0.4, 0.5) is 11.6 Å². The second-order valence-electron chi connectivity index (χ2n) is 8.20. The summed E-state index contributed by atoms with van der Waals surface area (Å²) in [5.41, 5.74) is 16.3. The van der Waals surface area contributed by atoms with E-state index in [1.165, 1.54) is 23.5 Å². The minimum absolute atomic E-state index is 0.0946. The molecule has 0 saturated heterocycles. The maximum absolute atomic E-state index is 12.9. The molecular weight excluding hydrogens is 416 g/mol. The predicted octanol–water partition coefficient (Wildman–Crippen LogP) is 2.61. The molecule has 8 heteroatoms.